The van der Waals surface area contributed by atoms with Crippen LogP contribution in [0.2, 0.25) is 0 Å². The maximum Gasteiger partial charge on any atom is 0.297 e. The van der Waals surface area contributed by atoms with Crippen LogP contribution in [-0.4, -0.2) is 40.3 Å². The molecule has 1 saturated carbocycles. The molecule has 1 aromatic carbocycles. The molecule has 0 aliphatic heterocycles. The number of halogens is 2. The number of carbonyl (C=O) groups excluding carboxylic acids is 1. The Morgan fingerprint density at radius 3 is 2.66 bits per heavy atom. The SMILES string of the molecule is CC(=O)N[C@@H](C)CO[C@H]1CC[C@H](Oc2nc3c(F)cc(C#N)c(F)c3n2C)CC1. The van der Waals surface area contributed by atoms with E-state index in [0.717, 1.165) is 31.7 Å². The van der Waals surface area contributed by atoms with Crippen LogP contribution in [-0.2, 0) is 16.6 Å². The van der Waals surface area contributed by atoms with Gasteiger partial charge in [0, 0.05) is 20.0 Å². The molecule has 1 aliphatic rings. The lowest BCUT2D eigenvalue weighted by molar-refractivity contribution is -0.120. The third-order valence-electron chi connectivity index (χ3n) is 5.04. The number of carbonyl (C=O) groups is 1. The molecule has 0 bridgehead atoms. The van der Waals surface area contributed by atoms with Gasteiger partial charge in [-0.2, -0.15) is 10.2 Å². The first-order chi connectivity index (χ1) is 13.8. The van der Waals surface area contributed by atoms with E-state index >= 15 is 0 Å². The topological polar surface area (TPSA) is 89.2 Å². The van der Waals surface area contributed by atoms with Gasteiger partial charge in [0.2, 0.25) is 5.91 Å². The second-order valence-electron chi connectivity index (χ2n) is 7.43. The molecular weight excluding hydrogens is 382 g/mol. The van der Waals surface area contributed by atoms with Crippen molar-refractivity contribution in [1.82, 2.24) is 14.9 Å². The van der Waals surface area contributed by atoms with Crippen molar-refractivity contribution in [1.29, 1.82) is 5.26 Å². The number of fused-ring (bicyclic) bond motifs is 1. The minimum absolute atomic E-state index is 0.0513. The van der Waals surface area contributed by atoms with E-state index in [1.54, 1.807) is 6.07 Å². The monoisotopic (exact) mass is 406 g/mol. The largest absolute Gasteiger partial charge is 0.461 e. The molecule has 1 atom stereocenters. The summed E-state index contributed by atoms with van der Waals surface area (Å²) in [4.78, 5) is 15.1. The zero-order valence-corrected chi connectivity index (χ0v) is 16.7. The summed E-state index contributed by atoms with van der Waals surface area (Å²) in [6.45, 7) is 3.80. The summed E-state index contributed by atoms with van der Waals surface area (Å²) in [5, 5.41) is 11.7. The summed E-state index contributed by atoms with van der Waals surface area (Å²) >= 11 is 0. The molecule has 0 unspecified atom stereocenters. The van der Waals surface area contributed by atoms with Gasteiger partial charge in [-0.25, -0.2) is 8.78 Å². The first kappa shape index (κ1) is 21.0. The molecule has 0 radical (unpaired) electrons. The molecule has 0 spiro atoms. The minimum atomic E-state index is -0.806. The van der Waals surface area contributed by atoms with Crippen molar-refractivity contribution >= 4 is 16.9 Å². The van der Waals surface area contributed by atoms with E-state index in [-0.39, 0.29) is 46.8 Å². The number of benzene rings is 1. The van der Waals surface area contributed by atoms with Crippen molar-refractivity contribution in [2.75, 3.05) is 6.61 Å². The highest BCUT2D eigenvalue weighted by molar-refractivity contribution is 5.80. The van der Waals surface area contributed by atoms with E-state index in [4.69, 9.17) is 14.7 Å². The van der Waals surface area contributed by atoms with E-state index in [1.165, 1.54) is 18.5 Å². The van der Waals surface area contributed by atoms with Crippen molar-refractivity contribution < 1.29 is 23.0 Å². The number of hydrogen-bond donors (Lipinski definition) is 1. The first-order valence-electron chi connectivity index (χ1n) is 9.60. The molecule has 9 heteroatoms. The third kappa shape index (κ3) is 4.65. The highest BCUT2D eigenvalue weighted by atomic mass is 19.1. The lowest BCUT2D eigenvalue weighted by Gasteiger charge is -2.29. The highest BCUT2D eigenvalue weighted by Crippen LogP contribution is 2.30. The van der Waals surface area contributed by atoms with Gasteiger partial charge in [-0.05, 0) is 38.7 Å². The number of nitriles is 1. The lowest BCUT2D eigenvalue weighted by atomic mass is 9.95. The van der Waals surface area contributed by atoms with Crippen LogP contribution < -0.4 is 10.1 Å². The van der Waals surface area contributed by atoms with Gasteiger partial charge in [0.05, 0.1) is 18.3 Å². The molecule has 0 saturated heterocycles. The molecule has 3 rings (SSSR count). The van der Waals surface area contributed by atoms with Crippen LogP contribution in [0.5, 0.6) is 6.01 Å². The van der Waals surface area contributed by atoms with Gasteiger partial charge in [-0.1, -0.05) is 0 Å². The van der Waals surface area contributed by atoms with Gasteiger partial charge in [0.25, 0.3) is 6.01 Å². The Kier molecular flexibility index (Phi) is 6.33. The lowest BCUT2D eigenvalue weighted by Crippen LogP contribution is -2.37. The summed E-state index contributed by atoms with van der Waals surface area (Å²) in [7, 11) is 1.53. The van der Waals surface area contributed by atoms with Gasteiger partial charge < -0.3 is 14.8 Å². The Bertz CT molecular complexity index is 946. The number of nitrogens with one attached hydrogen (secondary N) is 1. The fourth-order valence-corrected chi connectivity index (χ4v) is 3.60. The zero-order chi connectivity index (χ0) is 21.1. The van der Waals surface area contributed by atoms with Crippen LogP contribution in [0.4, 0.5) is 8.78 Å². The fraction of sp³-hybridized carbons (Fsp3) is 0.550. The Hall–Kier alpha value is -2.73. The number of nitrogens with zero attached hydrogens (tertiary/aromatic N) is 3. The van der Waals surface area contributed by atoms with Crippen LogP contribution in [0.25, 0.3) is 11.0 Å². The van der Waals surface area contributed by atoms with E-state index in [0.29, 0.717) is 6.61 Å². The van der Waals surface area contributed by atoms with Gasteiger partial charge in [0.1, 0.15) is 23.2 Å². The van der Waals surface area contributed by atoms with Crippen molar-refractivity contribution in [3.8, 4) is 12.1 Å². The highest BCUT2D eigenvalue weighted by Gasteiger charge is 2.26. The van der Waals surface area contributed by atoms with Crippen LogP contribution in [0.3, 0.4) is 0 Å². The molecule has 1 N–H and O–H groups in total. The molecule has 2 aromatic rings. The average molecular weight is 406 g/mol. The maximum atomic E-state index is 14.4. The number of ether oxygens (including phenoxy) is 2. The predicted molar refractivity (Wildman–Crippen MR) is 101 cm³/mol. The molecule has 156 valence electrons. The van der Waals surface area contributed by atoms with Crippen molar-refractivity contribution in [2.24, 2.45) is 7.05 Å². The van der Waals surface area contributed by atoms with Crippen molar-refractivity contribution in [3.63, 3.8) is 0 Å². The van der Waals surface area contributed by atoms with Gasteiger partial charge in [-0.3, -0.25) is 9.36 Å². The number of hydrogen-bond acceptors (Lipinski definition) is 5. The molecule has 1 aliphatic carbocycles. The van der Waals surface area contributed by atoms with Crippen LogP contribution in [0, 0.1) is 23.0 Å². The maximum absolute atomic E-state index is 14.4. The normalized spacial score (nSPS) is 20.3. The summed E-state index contributed by atoms with van der Waals surface area (Å²) in [5.41, 5.74) is -0.598. The smallest absolute Gasteiger partial charge is 0.297 e. The molecule has 29 heavy (non-hydrogen) atoms. The Morgan fingerprint density at radius 1 is 1.38 bits per heavy atom. The van der Waals surface area contributed by atoms with E-state index in [9.17, 15) is 13.6 Å². The van der Waals surface area contributed by atoms with Crippen LogP contribution in [0.1, 0.15) is 45.1 Å². The number of imidazole rings is 1. The van der Waals surface area contributed by atoms with Crippen molar-refractivity contribution in [3.05, 3.63) is 23.3 Å². The standard InChI is InChI=1S/C20H24F2N4O3/c1-11(24-12(2)27)10-28-14-4-6-15(7-5-14)29-20-25-18-16(21)8-13(9-23)17(22)19(18)26(20)3/h8,11,14-15H,4-7,10H2,1-3H3,(H,24,27)/t11-,14-,15-/m0/s1. The Labute approximate surface area is 167 Å². The second kappa shape index (κ2) is 8.74. The number of aryl methyl sites for hydroxylation is 1. The van der Waals surface area contributed by atoms with Gasteiger partial charge in [0.15, 0.2) is 11.6 Å². The van der Waals surface area contributed by atoms with E-state index in [2.05, 4.69) is 10.3 Å². The first-order valence-corrected chi connectivity index (χ1v) is 9.60. The molecule has 1 aromatic heterocycles. The Balaban J connectivity index is 1.61. The van der Waals surface area contributed by atoms with Crippen LogP contribution in [0.15, 0.2) is 6.07 Å². The summed E-state index contributed by atoms with van der Waals surface area (Å²) in [6, 6.07) is 2.56. The zero-order valence-electron chi connectivity index (χ0n) is 16.7. The van der Waals surface area contributed by atoms with Crippen LogP contribution >= 0.6 is 0 Å². The Morgan fingerprint density at radius 2 is 2.03 bits per heavy atom. The van der Waals surface area contributed by atoms with E-state index < -0.39 is 11.6 Å². The minimum Gasteiger partial charge on any atom is -0.461 e. The molecule has 1 fully saturated rings. The number of aromatic nitrogens is 2. The quantitative estimate of drug-likeness (QED) is 0.797. The average Bonchev–Trinajstić information content (AvgIpc) is 3.00. The summed E-state index contributed by atoms with van der Waals surface area (Å²) in [5.74, 6) is -1.65. The predicted octanol–water partition coefficient (Wildman–Crippen LogP) is 2.95. The number of rotatable bonds is 6. The summed E-state index contributed by atoms with van der Waals surface area (Å²) in [6.07, 6.45) is 2.94. The molecule has 1 amide bonds. The van der Waals surface area contributed by atoms with Crippen molar-refractivity contribution in [2.45, 2.75) is 57.8 Å². The third-order valence-corrected chi connectivity index (χ3v) is 5.04. The second-order valence-corrected chi connectivity index (χ2v) is 7.43. The number of amides is 1. The van der Waals surface area contributed by atoms with E-state index in [1.807, 2.05) is 6.92 Å². The van der Waals surface area contributed by atoms with Gasteiger partial charge >= 0.3 is 0 Å². The molecular formula is C20H24F2N4O3. The molecule has 7 nitrogen and oxygen atoms in total. The van der Waals surface area contributed by atoms with Gasteiger partial charge in [-0.15, -0.1) is 0 Å². The fourth-order valence-electron chi connectivity index (χ4n) is 3.60. The summed E-state index contributed by atoms with van der Waals surface area (Å²) < 4.78 is 41.7. The molecule has 1 heterocycles.